The average Bonchev–Trinajstić information content (AvgIpc) is 2.37. The molecular weight excluding hydrogens is 218 g/mol. The van der Waals surface area contributed by atoms with Gasteiger partial charge in [0.25, 0.3) is 0 Å². The molecule has 0 aliphatic heterocycles. The van der Waals surface area contributed by atoms with Crippen LogP contribution in [0.5, 0.6) is 5.75 Å². The summed E-state index contributed by atoms with van der Waals surface area (Å²) in [5.74, 6) is 0.251. The summed E-state index contributed by atoms with van der Waals surface area (Å²) >= 11 is 0. The normalized spacial score (nSPS) is 12.1. The molecule has 17 heavy (non-hydrogen) atoms. The molecule has 88 valence electrons. The molecule has 0 saturated heterocycles. The molecule has 0 N–H and O–H groups in total. The highest BCUT2D eigenvalue weighted by Crippen LogP contribution is 2.20. The SMILES string of the molecule is COC(=O)C(C)Oc1ccc2cnccc2c1. The fourth-order valence-corrected chi connectivity index (χ4v) is 1.55. The monoisotopic (exact) mass is 231 g/mol. The topological polar surface area (TPSA) is 48.4 Å². The van der Waals surface area contributed by atoms with E-state index in [1.165, 1.54) is 7.11 Å². The van der Waals surface area contributed by atoms with Crippen LogP contribution in [0.2, 0.25) is 0 Å². The van der Waals surface area contributed by atoms with Crippen LogP contribution in [0.15, 0.2) is 36.7 Å². The van der Waals surface area contributed by atoms with Gasteiger partial charge in [-0.15, -0.1) is 0 Å². The second kappa shape index (κ2) is 4.82. The molecule has 1 aromatic heterocycles. The maximum Gasteiger partial charge on any atom is 0.346 e. The number of aromatic nitrogens is 1. The van der Waals surface area contributed by atoms with Crippen molar-refractivity contribution in [3.05, 3.63) is 36.7 Å². The summed E-state index contributed by atoms with van der Waals surface area (Å²) in [5.41, 5.74) is 0. The number of carbonyl (C=O) groups is 1. The van der Waals surface area contributed by atoms with Crippen LogP contribution >= 0.6 is 0 Å². The van der Waals surface area contributed by atoms with Crippen molar-refractivity contribution in [3.63, 3.8) is 0 Å². The molecule has 0 bridgehead atoms. The van der Waals surface area contributed by atoms with Gasteiger partial charge < -0.3 is 9.47 Å². The molecule has 2 aromatic rings. The third-order valence-corrected chi connectivity index (χ3v) is 2.46. The highest BCUT2D eigenvalue weighted by atomic mass is 16.6. The number of nitrogens with zero attached hydrogens (tertiary/aromatic N) is 1. The Morgan fingerprint density at radius 3 is 2.88 bits per heavy atom. The first-order valence-electron chi connectivity index (χ1n) is 5.29. The van der Waals surface area contributed by atoms with Crippen LogP contribution in [-0.2, 0) is 9.53 Å². The number of fused-ring (bicyclic) bond motifs is 1. The number of methoxy groups -OCH3 is 1. The number of benzene rings is 1. The molecule has 0 fully saturated rings. The second-order valence-corrected chi connectivity index (χ2v) is 3.67. The van der Waals surface area contributed by atoms with Crippen LogP contribution in [0.3, 0.4) is 0 Å². The summed E-state index contributed by atoms with van der Waals surface area (Å²) in [5, 5.41) is 2.06. The van der Waals surface area contributed by atoms with Crippen LogP contribution < -0.4 is 4.74 Å². The Kier molecular flexibility index (Phi) is 3.23. The molecule has 4 heteroatoms. The van der Waals surface area contributed by atoms with Gasteiger partial charge in [-0.05, 0) is 36.6 Å². The second-order valence-electron chi connectivity index (χ2n) is 3.67. The van der Waals surface area contributed by atoms with Crippen LogP contribution in [0.1, 0.15) is 6.92 Å². The van der Waals surface area contributed by atoms with Gasteiger partial charge in [-0.3, -0.25) is 4.98 Å². The maximum absolute atomic E-state index is 11.2. The number of hydrogen-bond acceptors (Lipinski definition) is 4. The molecule has 2 rings (SSSR count). The van der Waals surface area contributed by atoms with E-state index in [4.69, 9.17) is 4.74 Å². The Hall–Kier alpha value is -2.10. The minimum atomic E-state index is -0.612. The van der Waals surface area contributed by atoms with Crippen molar-refractivity contribution in [3.8, 4) is 5.75 Å². The van der Waals surface area contributed by atoms with Crippen molar-refractivity contribution < 1.29 is 14.3 Å². The Bertz CT molecular complexity index is 539. The molecule has 0 radical (unpaired) electrons. The number of pyridine rings is 1. The molecule has 1 unspecified atom stereocenters. The van der Waals surface area contributed by atoms with Crippen LogP contribution in [0.4, 0.5) is 0 Å². The van der Waals surface area contributed by atoms with Gasteiger partial charge in [0.2, 0.25) is 0 Å². The van der Waals surface area contributed by atoms with Crippen molar-refractivity contribution in [2.24, 2.45) is 0 Å². The summed E-state index contributed by atoms with van der Waals surface area (Å²) in [6.07, 6.45) is 2.89. The Balaban J connectivity index is 2.22. The standard InChI is InChI=1S/C13H13NO3/c1-9(13(15)16-2)17-12-4-3-11-8-14-6-5-10(11)7-12/h3-9H,1-2H3. The van der Waals surface area contributed by atoms with E-state index in [1.807, 2.05) is 24.3 Å². The van der Waals surface area contributed by atoms with Gasteiger partial charge in [-0.25, -0.2) is 4.79 Å². The van der Waals surface area contributed by atoms with Crippen molar-refractivity contribution >= 4 is 16.7 Å². The van der Waals surface area contributed by atoms with Gasteiger partial charge in [0.1, 0.15) is 5.75 Å². The minimum absolute atomic E-state index is 0.389. The Morgan fingerprint density at radius 1 is 1.29 bits per heavy atom. The van der Waals surface area contributed by atoms with E-state index in [-0.39, 0.29) is 5.97 Å². The molecule has 0 aliphatic carbocycles. The highest BCUT2D eigenvalue weighted by Gasteiger charge is 2.14. The summed E-state index contributed by atoms with van der Waals surface area (Å²) in [4.78, 5) is 15.3. The molecule has 0 amide bonds. The Morgan fingerprint density at radius 2 is 2.12 bits per heavy atom. The van der Waals surface area contributed by atoms with Crippen molar-refractivity contribution in [2.45, 2.75) is 13.0 Å². The van der Waals surface area contributed by atoms with E-state index in [0.717, 1.165) is 10.8 Å². The lowest BCUT2D eigenvalue weighted by molar-refractivity contribution is -0.147. The third-order valence-electron chi connectivity index (χ3n) is 2.46. The number of rotatable bonds is 3. The highest BCUT2D eigenvalue weighted by molar-refractivity contribution is 5.83. The van der Waals surface area contributed by atoms with Crippen LogP contribution in [-0.4, -0.2) is 24.2 Å². The number of hydrogen-bond donors (Lipinski definition) is 0. The van der Waals surface area contributed by atoms with Gasteiger partial charge >= 0.3 is 5.97 Å². The molecule has 0 saturated carbocycles. The minimum Gasteiger partial charge on any atom is -0.479 e. The van der Waals surface area contributed by atoms with E-state index in [1.54, 1.807) is 19.3 Å². The molecule has 0 aliphatic rings. The van der Waals surface area contributed by atoms with Gasteiger partial charge in [0.05, 0.1) is 7.11 Å². The van der Waals surface area contributed by atoms with Crippen molar-refractivity contribution in [1.82, 2.24) is 4.98 Å². The summed E-state index contributed by atoms with van der Waals surface area (Å²) < 4.78 is 10.1. The number of esters is 1. The Labute approximate surface area is 99.2 Å². The summed E-state index contributed by atoms with van der Waals surface area (Å²) in [6, 6.07) is 7.48. The quantitative estimate of drug-likeness (QED) is 0.759. The lowest BCUT2D eigenvalue weighted by atomic mass is 10.2. The van der Waals surface area contributed by atoms with Crippen LogP contribution in [0.25, 0.3) is 10.8 Å². The molecule has 1 aromatic carbocycles. The lowest BCUT2D eigenvalue weighted by Gasteiger charge is -2.12. The van der Waals surface area contributed by atoms with Crippen LogP contribution in [0, 0.1) is 0 Å². The average molecular weight is 231 g/mol. The predicted molar refractivity (Wildman–Crippen MR) is 63.8 cm³/mol. The first-order valence-corrected chi connectivity index (χ1v) is 5.29. The van der Waals surface area contributed by atoms with Gasteiger partial charge in [0, 0.05) is 17.8 Å². The molecule has 4 nitrogen and oxygen atoms in total. The zero-order chi connectivity index (χ0) is 12.3. The zero-order valence-corrected chi connectivity index (χ0v) is 9.71. The summed E-state index contributed by atoms with van der Waals surface area (Å²) in [7, 11) is 1.34. The largest absolute Gasteiger partial charge is 0.479 e. The maximum atomic E-state index is 11.2. The molecule has 0 spiro atoms. The fraction of sp³-hybridized carbons (Fsp3) is 0.231. The van der Waals surface area contributed by atoms with Gasteiger partial charge in [-0.1, -0.05) is 0 Å². The first-order chi connectivity index (χ1) is 8.20. The predicted octanol–water partition coefficient (Wildman–Crippen LogP) is 2.18. The third kappa shape index (κ3) is 2.53. The zero-order valence-electron chi connectivity index (χ0n) is 9.71. The van der Waals surface area contributed by atoms with E-state index in [0.29, 0.717) is 5.75 Å². The number of carbonyl (C=O) groups excluding carboxylic acids is 1. The number of ether oxygens (including phenoxy) is 2. The van der Waals surface area contributed by atoms with E-state index < -0.39 is 6.10 Å². The van der Waals surface area contributed by atoms with Gasteiger partial charge in [0.15, 0.2) is 6.10 Å². The smallest absolute Gasteiger partial charge is 0.346 e. The molecule has 1 heterocycles. The first kappa shape index (κ1) is 11.4. The molecule has 1 atom stereocenters. The van der Waals surface area contributed by atoms with Crippen molar-refractivity contribution in [2.75, 3.05) is 7.11 Å². The fourth-order valence-electron chi connectivity index (χ4n) is 1.55. The van der Waals surface area contributed by atoms with E-state index >= 15 is 0 Å². The van der Waals surface area contributed by atoms with Gasteiger partial charge in [-0.2, -0.15) is 0 Å². The van der Waals surface area contributed by atoms with Crippen molar-refractivity contribution in [1.29, 1.82) is 0 Å². The van der Waals surface area contributed by atoms with E-state index in [9.17, 15) is 4.79 Å². The lowest BCUT2D eigenvalue weighted by Crippen LogP contribution is -2.24. The summed E-state index contributed by atoms with van der Waals surface area (Å²) in [6.45, 7) is 1.66. The molecular formula is C13H13NO3. The van der Waals surface area contributed by atoms with E-state index in [2.05, 4.69) is 9.72 Å².